The summed E-state index contributed by atoms with van der Waals surface area (Å²) in [5.74, 6) is 0. The van der Waals surface area contributed by atoms with Crippen molar-refractivity contribution < 1.29 is 0 Å². The van der Waals surface area contributed by atoms with Gasteiger partial charge >= 0.3 is 0 Å². The van der Waals surface area contributed by atoms with Crippen LogP contribution in [-0.4, -0.2) is 9.59 Å². The van der Waals surface area contributed by atoms with E-state index in [0.717, 1.165) is 12.1 Å². The SMILES string of the molecule is CCCCC(N)c1csnn1. The average molecular weight is 171 g/mol. The molecule has 1 aromatic rings. The minimum atomic E-state index is 0.0914. The van der Waals surface area contributed by atoms with Gasteiger partial charge in [-0.25, -0.2) is 0 Å². The van der Waals surface area contributed by atoms with Crippen molar-refractivity contribution in [3.8, 4) is 0 Å². The van der Waals surface area contributed by atoms with Crippen LogP contribution in [0.2, 0.25) is 0 Å². The first-order valence-corrected chi connectivity index (χ1v) is 4.70. The molecule has 0 aliphatic heterocycles. The number of hydrogen-bond donors (Lipinski definition) is 1. The summed E-state index contributed by atoms with van der Waals surface area (Å²) in [5, 5.41) is 5.83. The second-order valence-electron chi connectivity index (χ2n) is 2.58. The van der Waals surface area contributed by atoms with Gasteiger partial charge in [0, 0.05) is 11.4 Å². The van der Waals surface area contributed by atoms with Gasteiger partial charge in [-0.05, 0) is 18.0 Å². The van der Waals surface area contributed by atoms with Gasteiger partial charge in [0.1, 0.15) is 0 Å². The second-order valence-corrected chi connectivity index (χ2v) is 3.19. The van der Waals surface area contributed by atoms with Crippen molar-refractivity contribution in [3.05, 3.63) is 11.1 Å². The van der Waals surface area contributed by atoms with Crippen LogP contribution in [-0.2, 0) is 0 Å². The summed E-state index contributed by atoms with van der Waals surface area (Å²) in [5.41, 5.74) is 6.76. The number of rotatable bonds is 4. The first kappa shape index (κ1) is 8.62. The van der Waals surface area contributed by atoms with Crippen LogP contribution in [0.4, 0.5) is 0 Å². The lowest BCUT2D eigenvalue weighted by Gasteiger charge is -2.05. The molecule has 1 atom stereocenters. The van der Waals surface area contributed by atoms with E-state index in [1.807, 2.05) is 5.38 Å². The Morgan fingerprint density at radius 3 is 3.09 bits per heavy atom. The van der Waals surface area contributed by atoms with Crippen LogP contribution >= 0.6 is 11.5 Å². The average Bonchev–Trinajstić information content (AvgIpc) is 2.52. The minimum Gasteiger partial charge on any atom is -0.323 e. The van der Waals surface area contributed by atoms with Crippen LogP contribution in [0.1, 0.15) is 37.9 Å². The molecule has 0 saturated heterocycles. The smallest absolute Gasteiger partial charge is 0.0922 e. The molecule has 0 saturated carbocycles. The summed E-state index contributed by atoms with van der Waals surface area (Å²) >= 11 is 1.36. The maximum Gasteiger partial charge on any atom is 0.0922 e. The van der Waals surface area contributed by atoms with Crippen molar-refractivity contribution in [1.82, 2.24) is 9.59 Å². The Kier molecular flexibility index (Phi) is 3.45. The Hall–Kier alpha value is -0.480. The van der Waals surface area contributed by atoms with E-state index in [2.05, 4.69) is 16.5 Å². The van der Waals surface area contributed by atoms with E-state index in [9.17, 15) is 0 Å². The zero-order valence-corrected chi connectivity index (χ0v) is 7.47. The molecule has 0 aliphatic rings. The molecule has 0 amide bonds. The third-order valence-electron chi connectivity index (χ3n) is 1.63. The summed E-state index contributed by atoms with van der Waals surface area (Å²) in [4.78, 5) is 0. The molecule has 11 heavy (non-hydrogen) atoms. The molecule has 2 N–H and O–H groups in total. The fourth-order valence-electron chi connectivity index (χ4n) is 0.905. The predicted octanol–water partition coefficient (Wildman–Crippen LogP) is 1.73. The molecule has 1 unspecified atom stereocenters. The number of hydrogen-bond acceptors (Lipinski definition) is 4. The van der Waals surface area contributed by atoms with Crippen molar-refractivity contribution in [3.63, 3.8) is 0 Å². The van der Waals surface area contributed by atoms with Crippen molar-refractivity contribution >= 4 is 11.5 Å². The number of nitrogens with two attached hydrogens (primary N) is 1. The molecular formula is C7H13N3S. The maximum atomic E-state index is 5.83. The van der Waals surface area contributed by atoms with Gasteiger partial charge in [-0.3, -0.25) is 0 Å². The van der Waals surface area contributed by atoms with Crippen LogP contribution in [0.5, 0.6) is 0 Å². The molecule has 0 fully saturated rings. The topological polar surface area (TPSA) is 51.8 Å². The van der Waals surface area contributed by atoms with E-state index < -0.39 is 0 Å². The molecule has 0 radical (unpaired) electrons. The van der Waals surface area contributed by atoms with Crippen LogP contribution in [0, 0.1) is 0 Å². The minimum absolute atomic E-state index is 0.0914. The lowest BCUT2D eigenvalue weighted by atomic mass is 10.1. The third kappa shape index (κ3) is 2.55. The molecule has 0 aliphatic carbocycles. The fraction of sp³-hybridized carbons (Fsp3) is 0.714. The predicted molar refractivity (Wildman–Crippen MR) is 46.4 cm³/mol. The molecule has 3 nitrogen and oxygen atoms in total. The van der Waals surface area contributed by atoms with E-state index in [0.29, 0.717) is 0 Å². The summed E-state index contributed by atoms with van der Waals surface area (Å²) in [6, 6.07) is 0.0914. The van der Waals surface area contributed by atoms with Crippen molar-refractivity contribution in [2.24, 2.45) is 5.73 Å². The van der Waals surface area contributed by atoms with Gasteiger partial charge in [0.25, 0.3) is 0 Å². The Morgan fingerprint density at radius 2 is 2.55 bits per heavy atom. The first-order chi connectivity index (χ1) is 5.34. The first-order valence-electron chi connectivity index (χ1n) is 3.87. The quantitative estimate of drug-likeness (QED) is 0.750. The molecule has 0 aromatic carbocycles. The lowest BCUT2D eigenvalue weighted by molar-refractivity contribution is 0.589. The van der Waals surface area contributed by atoms with Crippen LogP contribution < -0.4 is 5.73 Å². The van der Waals surface area contributed by atoms with Crippen LogP contribution in [0.3, 0.4) is 0 Å². The molecular weight excluding hydrogens is 158 g/mol. The van der Waals surface area contributed by atoms with E-state index >= 15 is 0 Å². The number of aromatic nitrogens is 2. The maximum absolute atomic E-state index is 5.83. The highest BCUT2D eigenvalue weighted by molar-refractivity contribution is 7.03. The van der Waals surface area contributed by atoms with Gasteiger partial charge in [-0.2, -0.15) is 0 Å². The molecule has 0 bridgehead atoms. The standard InChI is InChI=1S/C7H13N3S/c1-2-3-4-6(8)7-5-11-10-9-7/h5-6H,2-4,8H2,1H3. The van der Waals surface area contributed by atoms with E-state index in [-0.39, 0.29) is 6.04 Å². The van der Waals surface area contributed by atoms with Crippen molar-refractivity contribution in [2.75, 3.05) is 0 Å². The zero-order valence-electron chi connectivity index (χ0n) is 6.66. The highest BCUT2D eigenvalue weighted by Crippen LogP contribution is 2.14. The van der Waals surface area contributed by atoms with Crippen molar-refractivity contribution in [1.29, 1.82) is 0 Å². The van der Waals surface area contributed by atoms with Gasteiger partial charge in [0.05, 0.1) is 5.69 Å². The summed E-state index contributed by atoms with van der Waals surface area (Å²) in [7, 11) is 0. The molecule has 1 heterocycles. The van der Waals surface area contributed by atoms with Crippen LogP contribution in [0.15, 0.2) is 5.38 Å². The Labute approximate surface area is 70.8 Å². The Balaban J connectivity index is 2.36. The van der Waals surface area contributed by atoms with Gasteiger partial charge in [-0.15, -0.1) is 5.10 Å². The monoisotopic (exact) mass is 171 g/mol. The molecule has 1 aromatic heterocycles. The zero-order chi connectivity index (χ0) is 8.10. The van der Waals surface area contributed by atoms with Gasteiger partial charge in [0.15, 0.2) is 0 Å². The summed E-state index contributed by atoms with van der Waals surface area (Å²) in [6.07, 6.45) is 3.37. The number of nitrogens with zero attached hydrogens (tertiary/aromatic N) is 2. The van der Waals surface area contributed by atoms with E-state index in [4.69, 9.17) is 5.73 Å². The molecule has 0 spiro atoms. The summed E-state index contributed by atoms with van der Waals surface area (Å²) < 4.78 is 3.76. The molecule has 62 valence electrons. The Morgan fingerprint density at radius 1 is 1.73 bits per heavy atom. The molecule has 4 heteroatoms. The van der Waals surface area contributed by atoms with Gasteiger partial charge in [0.2, 0.25) is 0 Å². The van der Waals surface area contributed by atoms with Gasteiger partial charge in [-0.1, -0.05) is 24.3 Å². The highest BCUT2D eigenvalue weighted by Gasteiger charge is 2.06. The molecule has 1 rings (SSSR count). The number of unbranched alkanes of at least 4 members (excludes halogenated alkanes) is 1. The fourth-order valence-corrected chi connectivity index (χ4v) is 1.42. The largest absolute Gasteiger partial charge is 0.323 e. The third-order valence-corrected chi connectivity index (χ3v) is 2.15. The lowest BCUT2D eigenvalue weighted by Crippen LogP contribution is -2.10. The normalized spacial score (nSPS) is 13.3. The van der Waals surface area contributed by atoms with Crippen LogP contribution in [0.25, 0.3) is 0 Å². The van der Waals surface area contributed by atoms with E-state index in [1.165, 1.54) is 24.4 Å². The second kappa shape index (κ2) is 4.41. The highest BCUT2D eigenvalue weighted by atomic mass is 32.1. The van der Waals surface area contributed by atoms with Gasteiger partial charge < -0.3 is 5.73 Å². The van der Waals surface area contributed by atoms with E-state index in [1.54, 1.807) is 0 Å². The van der Waals surface area contributed by atoms with Crippen molar-refractivity contribution in [2.45, 2.75) is 32.2 Å². The summed E-state index contributed by atoms with van der Waals surface area (Å²) in [6.45, 7) is 2.16. The Bertz CT molecular complexity index is 186.